The summed E-state index contributed by atoms with van der Waals surface area (Å²) in [6.07, 6.45) is 2.51. The topological polar surface area (TPSA) is 51.6 Å². The third-order valence-corrected chi connectivity index (χ3v) is 6.63. The number of rotatable bonds is 3. The molecule has 0 aliphatic heterocycles. The van der Waals surface area contributed by atoms with Crippen molar-refractivity contribution < 1.29 is 0 Å². The highest BCUT2D eigenvalue weighted by molar-refractivity contribution is 5.93. The van der Waals surface area contributed by atoms with Gasteiger partial charge in [0.25, 0.3) is 0 Å². The van der Waals surface area contributed by atoms with Gasteiger partial charge in [0.1, 0.15) is 6.33 Å². The molecule has 7 rings (SSSR count). The van der Waals surface area contributed by atoms with E-state index in [1.807, 2.05) is 36.4 Å². The summed E-state index contributed by atoms with van der Waals surface area (Å²) in [5.74, 6) is 0.707. The number of para-hydroxylation sites is 1. The van der Waals surface area contributed by atoms with Crippen LogP contribution >= 0.6 is 0 Å². The number of hydrogen-bond acceptors (Lipinski definition) is 4. The molecule has 4 heteroatoms. The molecule has 0 saturated heterocycles. The van der Waals surface area contributed by atoms with Crippen molar-refractivity contribution in [2.24, 2.45) is 0 Å². The van der Waals surface area contributed by atoms with Gasteiger partial charge in [-0.2, -0.15) is 0 Å². The third-order valence-electron chi connectivity index (χ3n) is 6.63. The van der Waals surface area contributed by atoms with Crippen LogP contribution in [0.25, 0.3) is 56.1 Å². The van der Waals surface area contributed by atoms with Crippen LogP contribution < -0.4 is 0 Å². The molecule has 1 aliphatic rings. The van der Waals surface area contributed by atoms with Crippen molar-refractivity contribution in [3.8, 4) is 45.2 Å². The van der Waals surface area contributed by atoms with Gasteiger partial charge in [0.05, 0.1) is 22.6 Å². The molecular formula is C31H20N4. The predicted molar refractivity (Wildman–Crippen MR) is 140 cm³/mol. The molecule has 2 aromatic heterocycles. The normalized spacial score (nSPS) is 11.9. The molecule has 4 nitrogen and oxygen atoms in total. The largest absolute Gasteiger partial charge is 0.236 e. The fourth-order valence-electron chi connectivity index (χ4n) is 4.98. The van der Waals surface area contributed by atoms with Crippen molar-refractivity contribution >= 4 is 10.9 Å². The second-order valence-electron chi connectivity index (χ2n) is 8.74. The van der Waals surface area contributed by atoms with E-state index in [9.17, 15) is 0 Å². The summed E-state index contributed by atoms with van der Waals surface area (Å²) in [6.45, 7) is 0. The van der Waals surface area contributed by atoms with Crippen LogP contribution in [0.3, 0.4) is 0 Å². The quantitative estimate of drug-likeness (QED) is 0.292. The minimum atomic E-state index is 0.707. The Labute approximate surface area is 203 Å². The zero-order chi connectivity index (χ0) is 23.2. The zero-order valence-corrected chi connectivity index (χ0v) is 18.9. The summed E-state index contributed by atoms with van der Waals surface area (Å²) < 4.78 is 0. The van der Waals surface area contributed by atoms with Crippen LogP contribution in [0.2, 0.25) is 0 Å². The van der Waals surface area contributed by atoms with Crippen LogP contribution in [-0.4, -0.2) is 19.9 Å². The summed E-state index contributed by atoms with van der Waals surface area (Å²) >= 11 is 0. The standard InChI is InChI=1S/C31H20N4/c1-2-9-20(10-3-1)29-25-15-6-7-16-27(25)34-31(35-29)23-13-8-12-22(17-23)28-26-18-21-11-4-5-14-24(21)30(26)33-19-32-28/h1-17,19H,18H2. The molecule has 164 valence electrons. The molecule has 0 saturated carbocycles. The fraction of sp³-hybridized carbons (Fsp3) is 0.0323. The van der Waals surface area contributed by atoms with E-state index < -0.39 is 0 Å². The maximum Gasteiger partial charge on any atom is 0.160 e. The Balaban J connectivity index is 1.38. The average Bonchev–Trinajstić information content (AvgIpc) is 3.32. The Morgan fingerprint density at radius 1 is 0.543 bits per heavy atom. The van der Waals surface area contributed by atoms with Gasteiger partial charge in [-0.1, -0.05) is 91.0 Å². The Bertz CT molecular complexity index is 1720. The van der Waals surface area contributed by atoms with Crippen LogP contribution in [0.5, 0.6) is 0 Å². The van der Waals surface area contributed by atoms with Crippen molar-refractivity contribution in [1.82, 2.24) is 19.9 Å². The van der Waals surface area contributed by atoms with Crippen molar-refractivity contribution in [1.29, 1.82) is 0 Å². The van der Waals surface area contributed by atoms with E-state index in [1.165, 1.54) is 16.7 Å². The molecular weight excluding hydrogens is 428 g/mol. The summed E-state index contributed by atoms with van der Waals surface area (Å²) in [4.78, 5) is 19.3. The first-order valence-corrected chi connectivity index (χ1v) is 11.7. The van der Waals surface area contributed by atoms with Gasteiger partial charge in [-0.25, -0.2) is 19.9 Å². The van der Waals surface area contributed by atoms with Crippen LogP contribution in [-0.2, 0) is 6.42 Å². The minimum Gasteiger partial charge on any atom is -0.236 e. The predicted octanol–water partition coefficient (Wildman–Crippen LogP) is 6.99. The first-order chi connectivity index (χ1) is 17.3. The highest BCUT2D eigenvalue weighted by atomic mass is 14.9. The second-order valence-corrected chi connectivity index (χ2v) is 8.74. The van der Waals surface area contributed by atoms with Gasteiger partial charge in [-0.15, -0.1) is 0 Å². The lowest BCUT2D eigenvalue weighted by atomic mass is 10.0. The molecule has 0 atom stereocenters. The number of fused-ring (bicyclic) bond motifs is 4. The van der Waals surface area contributed by atoms with Crippen molar-refractivity contribution in [2.75, 3.05) is 0 Å². The molecule has 0 fully saturated rings. The number of aromatic nitrogens is 4. The summed E-state index contributed by atoms with van der Waals surface area (Å²) in [6, 6.07) is 35.3. The number of hydrogen-bond donors (Lipinski definition) is 0. The lowest BCUT2D eigenvalue weighted by molar-refractivity contribution is 1.13. The van der Waals surface area contributed by atoms with Crippen molar-refractivity contribution in [3.05, 3.63) is 121 Å². The van der Waals surface area contributed by atoms with E-state index in [2.05, 4.69) is 71.7 Å². The van der Waals surface area contributed by atoms with Crippen LogP contribution in [0.4, 0.5) is 0 Å². The Morgan fingerprint density at radius 3 is 2.23 bits per heavy atom. The number of benzene rings is 4. The lowest BCUT2D eigenvalue weighted by Crippen LogP contribution is -1.97. The molecule has 0 radical (unpaired) electrons. The Kier molecular flexibility index (Phi) is 4.49. The monoisotopic (exact) mass is 448 g/mol. The van der Waals surface area contributed by atoms with E-state index in [0.29, 0.717) is 5.82 Å². The first kappa shape index (κ1) is 19.7. The molecule has 0 unspecified atom stereocenters. The van der Waals surface area contributed by atoms with Gasteiger partial charge in [-0.3, -0.25) is 0 Å². The molecule has 4 aromatic carbocycles. The molecule has 0 N–H and O–H groups in total. The maximum atomic E-state index is 5.04. The smallest absolute Gasteiger partial charge is 0.160 e. The van der Waals surface area contributed by atoms with E-state index in [1.54, 1.807) is 6.33 Å². The van der Waals surface area contributed by atoms with E-state index in [0.717, 1.165) is 51.1 Å². The summed E-state index contributed by atoms with van der Waals surface area (Å²) in [7, 11) is 0. The van der Waals surface area contributed by atoms with Gasteiger partial charge in [-0.05, 0) is 17.7 Å². The van der Waals surface area contributed by atoms with Gasteiger partial charge >= 0.3 is 0 Å². The van der Waals surface area contributed by atoms with Gasteiger partial charge in [0, 0.05) is 39.6 Å². The lowest BCUT2D eigenvalue weighted by Gasteiger charge is -2.11. The average molecular weight is 449 g/mol. The van der Waals surface area contributed by atoms with Gasteiger partial charge in [0.2, 0.25) is 0 Å². The van der Waals surface area contributed by atoms with Crippen LogP contribution in [0.1, 0.15) is 11.1 Å². The molecule has 6 aromatic rings. The molecule has 1 aliphatic carbocycles. The van der Waals surface area contributed by atoms with Crippen LogP contribution in [0, 0.1) is 0 Å². The Morgan fingerprint density at radius 2 is 1.29 bits per heavy atom. The Hall–Kier alpha value is -4.70. The maximum absolute atomic E-state index is 5.04. The highest BCUT2D eigenvalue weighted by Gasteiger charge is 2.23. The summed E-state index contributed by atoms with van der Waals surface area (Å²) in [5.41, 5.74) is 10.6. The first-order valence-electron chi connectivity index (χ1n) is 11.7. The molecule has 35 heavy (non-hydrogen) atoms. The molecule has 2 heterocycles. The SMILES string of the molecule is c1ccc(-c2nc(-c3cccc(-c4ncnc5c4Cc4ccccc4-5)c3)nc3ccccc23)cc1. The minimum absolute atomic E-state index is 0.707. The van der Waals surface area contributed by atoms with Crippen LogP contribution in [0.15, 0.2) is 109 Å². The van der Waals surface area contributed by atoms with E-state index in [-0.39, 0.29) is 0 Å². The third kappa shape index (κ3) is 3.30. The molecule has 0 amide bonds. The number of nitrogens with zero attached hydrogens (tertiary/aromatic N) is 4. The second kappa shape index (κ2) is 7.96. The van der Waals surface area contributed by atoms with Gasteiger partial charge < -0.3 is 0 Å². The molecule has 0 bridgehead atoms. The zero-order valence-electron chi connectivity index (χ0n) is 18.9. The van der Waals surface area contributed by atoms with Crippen molar-refractivity contribution in [3.63, 3.8) is 0 Å². The molecule has 0 spiro atoms. The van der Waals surface area contributed by atoms with E-state index in [4.69, 9.17) is 15.0 Å². The van der Waals surface area contributed by atoms with Crippen molar-refractivity contribution in [2.45, 2.75) is 6.42 Å². The summed E-state index contributed by atoms with van der Waals surface area (Å²) in [5, 5.41) is 1.05. The fourth-order valence-corrected chi connectivity index (χ4v) is 4.98. The van der Waals surface area contributed by atoms with E-state index >= 15 is 0 Å². The highest BCUT2D eigenvalue weighted by Crippen LogP contribution is 2.39. The van der Waals surface area contributed by atoms with Gasteiger partial charge in [0.15, 0.2) is 5.82 Å².